The average molecular weight is 220 g/mol. The van der Waals surface area contributed by atoms with E-state index in [2.05, 4.69) is 31.2 Å². The minimum absolute atomic E-state index is 0.480. The molecular formula is C15H24O. The van der Waals surface area contributed by atoms with Crippen LogP contribution in [0.2, 0.25) is 0 Å². The molecule has 1 aliphatic heterocycles. The monoisotopic (exact) mass is 220 g/mol. The van der Waals surface area contributed by atoms with Crippen molar-refractivity contribution in [2.45, 2.75) is 64.1 Å². The quantitative estimate of drug-likeness (QED) is 0.555. The third-order valence-electron chi connectivity index (χ3n) is 3.72. The second-order valence-corrected chi connectivity index (χ2v) is 5.16. The summed E-state index contributed by atoms with van der Waals surface area (Å²) in [5, 5.41) is 0. The van der Waals surface area contributed by atoms with E-state index in [0.29, 0.717) is 12.2 Å². The Morgan fingerprint density at radius 2 is 1.50 bits per heavy atom. The van der Waals surface area contributed by atoms with Crippen molar-refractivity contribution in [2.75, 3.05) is 0 Å². The van der Waals surface area contributed by atoms with Gasteiger partial charge in [0, 0.05) is 0 Å². The fourth-order valence-electron chi connectivity index (χ4n) is 2.89. The fourth-order valence-corrected chi connectivity index (χ4v) is 2.89. The average Bonchev–Trinajstić information content (AvgIpc) is 2.59. The van der Waals surface area contributed by atoms with Crippen LogP contribution < -0.4 is 0 Å². The highest BCUT2D eigenvalue weighted by Crippen LogP contribution is 2.32. The van der Waals surface area contributed by atoms with E-state index in [4.69, 9.17) is 4.74 Å². The molecule has 3 atom stereocenters. The van der Waals surface area contributed by atoms with Crippen LogP contribution in [0.25, 0.3) is 0 Å². The molecule has 2 rings (SSSR count). The zero-order chi connectivity index (χ0) is 11.2. The van der Waals surface area contributed by atoms with Crippen LogP contribution in [0.4, 0.5) is 0 Å². The summed E-state index contributed by atoms with van der Waals surface area (Å²) in [6.07, 6.45) is 19.0. The lowest BCUT2D eigenvalue weighted by molar-refractivity contribution is 0.0382. The van der Waals surface area contributed by atoms with Crippen LogP contribution in [0, 0.1) is 5.92 Å². The Bertz CT molecular complexity index is 228. The Morgan fingerprint density at radius 1 is 0.875 bits per heavy atom. The first-order valence-electron chi connectivity index (χ1n) is 6.81. The van der Waals surface area contributed by atoms with Crippen molar-refractivity contribution in [2.24, 2.45) is 5.92 Å². The van der Waals surface area contributed by atoms with Crippen molar-refractivity contribution >= 4 is 0 Å². The van der Waals surface area contributed by atoms with E-state index < -0.39 is 0 Å². The molecule has 1 fully saturated rings. The molecule has 2 aliphatic rings. The number of allylic oxidation sites excluding steroid dienone is 4. The molecule has 0 aromatic heterocycles. The van der Waals surface area contributed by atoms with Crippen LogP contribution in [0.1, 0.15) is 51.9 Å². The van der Waals surface area contributed by atoms with Crippen molar-refractivity contribution in [3.63, 3.8) is 0 Å². The summed E-state index contributed by atoms with van der Waals surface area (Å²) in [6, 6.07) is 0. The Labute approximate surface area is 99.6 Å². The molecule has 16 heavy (non-hydrogen) atoms. The minimum Gasteiger partial charge on any atom is -0.375 e. The zero-order valence-electron chi connectivity index (χ0n) is 10.4. The number of hydrogen-bond acceptors (Lipinski definition) is 1. The van der Waals surface area contributed by atoms with E-state index in [-0.39, 0.29) is 0 Å². The third kappa shape index (κ3) is 3.48. The second-order valence-electron chi connectivity index (χ2n) is 5.16. The summed E-state index contributed by atoms with van der Waals surface area (Å²) < 4.78 is 6.01. The maximum absolute atomic E-state index is 6.01. The highest BCUT2D eigenvalue weighted by Gasteiger charge is 2.31. The van der Waals surface area contributed by atoms with Crippen molar-refractivity contribution in [1.82, 2.24) is 0 Å². The van der Waals surface area contributed by atoms with Gasteiger partial charge in [-0.1, -0.05) is 24.3 Å². The topological polar surface area (TPSA) is 9.23 Å². The molecule has 90 valence electrons. The first kappa shape index (κ1) is 11.9. The summed E-state index contributed by atoms with van der Waals surface area (Å²) in [5.74, 6) is 0.799. The number of hydrogen-bond donors (Lipinski definition) is 0. The molecular weight excluding hydrogens is 196 g/mol. The highest BCUT2D eigenvalue weighted by molar-refractivity contribution is 4.92. The Morgan fingerprint density at radius 3 is 2.25 bits per heavy atom. The van der Waals surface area contributed by atoms with Crippen molar-refractivity contribution in [3.05, 3.63) is 24.3 Å². The summed E-state index contributed by atoms with van der Waals surface area (Å²) in [6.45, 7) is 2.22. The van der Waals surface area contributed by atoms with Crippen molar-refractivity contribution in [3.8, 4) is 0 Å². The Hall–Kier alpha value is -0.560. The van der Waals surface area contributed by atoms with Gasteiger partial charge in [0.1, 0.15) is 0 Å². The van der Waals surface area contributed by atoms with Gasteiger partial charge in [0.05, 0.1) is 12.2 Å². The molecule has 0 aromatic carbocycles. The van der Waals surface area contributed by atoms with Crippen LogP contribution in [0.15, 0.2) is 24.3 Å². The van der Waals surface area contributed by atoms with Gasteiger partial charge in [0.15, 0.2) is 0 Å². The first-order chi connectivity index (χ1) is 7.86. The van der Waals surface area contributed by atoms with Crippen LogP contribution in [-0.4, -0.2) is 12.2 Å². The predicted molar refractivity (Wildman–Crippen MR) is 68.4 cm³/mol. The molecule has 0 saturated carbocycles. The van der Waals surface area contributed by atoms with Gasteiger partial charge in [-0.05, 0) is 57.8 Å². The number of ether oxygens (including phenoxy) is 1. The van der Waals surface area contributed by atoms with Gasteiger partial charge >= 0.3 is 0 Å². The van der Waals surface area contributed by atoms with E-state index in [0.717, 1.165) is 5.92 Å². The van der Waals surface area contributed by atoms with E-state index in [1.54, 1.807) is 0 Å². The molecule has 1 nitrogen and oxygen atoms in total. The largest absolute Gasteiger partial charge is 0.375 e. The lowest BCUT2D eigenvalue weighted by Gasteiger charge is -2.17. The minimum atomic E-state index is 0.480. The summed E-state index contributed by atoms with van der Waals surface area (Å²) >= 11 is 0. The fraction of sp³-hybridized carbons (Fsp3) is 0.733. The molecule has 1 saturated heterocycles. The van der Waals surface area contributed by atoms with Gasteiger partial charge in [0.25, 0.3) is 0 Å². The van der Waals surface area contributed by atoms with E-state index in [1.165, 1.54) is 44.9 Å². The van der Waals surface area contributed by atoms with Crippen LogP contribution in [0.3, 0.4) is 0 Å². The van der Waals surface area contributed by atoms with E-state index >= 15 is 0 Å². The first-order valence-corrected chi connectivity index (χ1v) is 6.81. The van der Waals surface area contributed by atoms with Crippen LogP contribution in [0.5, 0.6) is 0 Å². The lowest BCUT2D eigenvalue weighted by Crippen LogP contribution is -2.15. The molecule has 1 heterocycles. The summed E-state index contributed by atoms with van der Waals surface area (Å²) in [7, 11) is 0. The zero-order valence-corrected chi connectivity index (χ0v) is 10.4. The molecule has 0 bridgehead atoms. The van der Waals surface area contributed by atoms with Crippen LogP contribution in [-0.2, 0) is 4.74 Å². The maximum Gasteiger partial charge on any atom is 0.0610 e. The highest BCUT2D eigenvalue weighted by atomic mass is 16.5. The maximum atomic E-state index is 6.01. The normalized spacial score (nSPS) is 36.4. The molecule has 0 amide bonds. The lowest BCUT2D eigenvalue weighted by atomic mass is 9.91. The molecule has 3 unspecified atom stereocenters. The molecule has 0 radical (unpaired) electrons. The molecule has 0 aromatic rings. The van der Waals surface area contributed by atoms with Gasteiger partial charge < -0.3 is 4.74 Å². The van der Waals surface area contributed by atoms with Crippen molar-refractivity contribution < 1.29 is 4.74 Å². The van der Waals surface area contributed by atoms with Gasteiger partial charge in [0.2, 0.25) is 0 Å². The molecule has 1 heteroatoms. The standard InChI is InChI=1S/C15H24O/c1-13-12-14-10-8-6-4-2-3-5-7-9-11-15(14)16-13/h4-7,13-15H,2-3,8-12H2,1H3. The predicted octanol–water partition coefficient (Wildman–Crippen LogP) is 4.25. The summed E-state index contributed by atoms with van der Waals surface area (Å²) in [5.41, 5.74) is 0. The number of rotatable bonds is 0. The molecule has 1 aliphatic carbocycles. The van der Waals surface area contributed by atoms with Gasteiger partial charge in [-0.3, -0.25) is 0 Å². The second kappa shape index (κ2) is 6.24. The Kier molecular flexibility index (Phi) is 4.65. The molecule has 0 N–H and O–H groups in total. The SMILES string of the molecule is CC1CC2CCC=CCCC=CCCC2O1. The van der Waals surface area contributed by atoms with Crippen molar-refractivity contribution in [1.29, 1.82) is 0 Å². The third-order valence-corrected chi connectivity index (χ3v) is 3.72. The summed E-state index contributed by atoms with van der Waals surface area (Å²) in [4.78, 5) is 0. The number of fused-ring (bicyclic) bond motifs is 1. The van der Waals surface area contributed by atoms with E-state index in [1.807, 2.05) is 0 Å². The van der Waals surface area contributed by atoms with Gasteiger partial charge in [-0.2, -0.15) is 0 Å². The molecule has 0 spiro atoms. The smallest absolute Gasteiger partial charge is 0.0610 e. The van der Waals surface area contributed by atoms with Gasteiger partial charge in [-0.15, -0.1) is 0 Å². The van der Waals surface area contributed by atoms with E-state index in [9.17, 15) is 0 Å². The van der Waals surface area contributed by atoms with Gasteiger partial charge in [-0.25, -0.2) is 0 Å². The Balaban J connectivity index is 1.92. The van der Waals surface area contributed by atoms with Crippen LogP contribution >= 0.6 is 0 Å².